The molecule has 3 fully saturated rings. The third kappa shape index (κ3) is 1.15. The van der Waals surface area contributed by atoms with Gasteiger partial charge in [0, 0.05) is 18.4 Å². The molecule has 0 unspecified atom stereocenters. The molecule has 72 valence electrons. The van der Waals surface area contributed by atoms with E-state index in [0.717, 1.165) is 18.4 Å². The van der Waals surface area contributed by atoms with Crippen molar-refractivity contribution in [2.24, 2.45) is 11.8 Å². The molecule has 2 saturated carbocycles. The normalized spacial score (nSPS) is 44.9. The average molecular weight is 179 g/mol. The van der Waals surface area contributed by atoms with E-state index in [1.54, 1.807) is 0 Å². The standard InChI is InChI=1S/C11H17NO/c13-11-7-8-5-9(11)6-10(8)12-3-1-2-4-12/h8-10H,1-7H2/t8-,9-,10+/m0/s1. The Hall–Kier alpha value is -0.370. The molecule has 1 saturated heterocycles. The van der Waals surface area contributed by atoms with E-state index in [0.29, 0.717) is 11.7 Å². The summed E-state index contributed by atoms with van der Waals surface area (Å²) in [5.74, 6) is 1.74. The fourth-order valence-electron chi connectivity index (χ4n) is 3.53. The molecule has 2 heteroatoms. The number of fused-ring (bicyclic) bond motifs is 2. The Kier molecular flexibility index (Phi) is 1.72. The molecule has 3 rings (SSSR count). The maximum absolute atomic E-state index is 11.4. The molecule has 0 radical (unpaired) electrons. The summed E-state index contributed by atoms with van der Waals surface area (Å²) in [5.41, 5.74) is 0. The lowest BCUT2D eigenvalue weighted by Crippen LogP contribution is -2.38. The summed E-state index contributed by atoms with van der Waals surface area (Å²) in [6.45, 7) is 2.59. The van der Waals surface area contributed by atoms with Gasteiger partial charge in [-0.05, 0) is 44.7 Å². The molecule has 2 nitrogen and oxygen atoms in total. The summed E-state index contributed by atoms with van der Waals surface area (Å²) in [7, 11) is 0. The highest BCUT2D eigenvalue weighted by Crippen LogP contribution is 2.45. The number of Topliss-reactive ketones (excluding diaryl/α,β-unsaturated/α-hetero) is 1. The zero-order valence-electron chi connectivity index (χ0n) is 8.04. The Morgan fingerprint density at radius 3 is 2.46 bits per heavy atom. The first-order valence-electron chi connectivity index (χ1n) is 5.61. The van der Waals surface area contributed by atoms with Crippen molar-refractivity contribution in [3.63, 3.8) is 0 Å². The van der Waals surface area contributed by atoms with Crippen LogP contribution >= 0.6 is 0 Å². The Morgan fingerprint density at radius 2 is 1.92 bits per heavy atom. The first-order valence-corrected chi connectivity index (χ1v) is 5.61. The van der Waals surface area contributed by atoms with Crippen molar-refractivity contribution in [2.75, 3.05) is 13.1 Å². The molecule has 1 aliphatic heterocycles. The maximum atomic E-state index is 11.4. The smallest absolute Gasteiger partial charge is 0.136 e. The van der Waals surface area contributed by atoms with Crippen molar-refractivity contribution in [3.05, 3.63) is 0 Å². The second-order valence-corrected chi connectivity index (χ2v) is 4.91. The molecule has 0 N–H and O–H groups in total. The lowest BCUT2D eigenvalue weighted by molar-refractivity contribution is -0.122. The van der Waals surface area contributed by atoms with E-state index in [1.165, 1.54) is 38.8 Å². The number of hydrogen-bond donors (Lipinski definition) is 0. The van der Waals surface area contributed by atoms with Crippen molar-refractivity contribution in [3.8, 4) is 0 Å². The van der Waals surface area contributed by atoms with E-state index in [-0.39, 0.29) is 0 Å². The van der Waals surface area contributed by atoms with Gasteiger partial charge in [-0.3, -0.25) is 4.79 Å². The van der Waals surface area contributed by atoms with Gasteiger partial charge >= 0.3 is 0 Å². The molecule has 0 aromatic heterocycles. The van der Waals surface area contributed by atoms with Crippen molar-refractivity contribution in [2.45, 2.75) is 38.1 Å². The highest BCUT2D eigenvalue weighted by Gasteiger charge is 2.47. The van der Waals surface area contributed by atoms with Crippen LogP contribution in [0.1, 0.15) is 32.1 Å². The van der Waals surface area contributed by atoms with E-state index in [4.69, 9.17) is 0 Å². The largest absolute Gasteiger partial charge is 0.300 e. The molecule has 2 bridgehead atoms. The van der Waals surface area contributed by atoms with E-state index in [9.17, 15) is 4.79 Å². The van der Waals surface area contributed by atoms with Gasteiger partial charge in [0.1, 0.15) is 5.78 Å². The Labute approximate surface area is 79.3 Å². The van der Waals surface area contributed by atoms with Gasteiger partial charge in [0.15, 0.2) is 0 Å². The zero-order valence-corrected chi connectivity index (χ0v) is 8.04. The second-order valence-electron chi connectivity index (χ2n) is 4.91. The van der Waals surface area contributed by atoms with Crippen LogP contribution in [-0.2, 0) is 4.79 Å². The van der Waals surface area contributed by atoms with Crippen LogP contribution in [0.2, 0.25) is 0 Å². The second kappa shape index (κ2) is 2.81. The number of hydrogen-bond acceptors (Lipinski definition) is 2. The van der Waals surface area contributed by atoms with Crippen molar-refractivity contribution < 1.29 is 4.79 Å². The number of likely N-dealkylation sites (tertiary alicyclic amines) is 1. The van der Waals surface area contributed by atoms with Crippen LogP contribution in [0.5, 0.6) is 0 Å². The molecular weight excluding hydrogens is 162 g/mol. The van der Waals surface area contributed by atoms with Gasteiger partial charge in [0.25, 0.3) is 0 Å². The van der Waals surface area contributed by atoms with Gasteiger partial charge in [-0.15, -0.1) is 0 Å². The van der Waals surface area contributed by atoms with Crippen molar-refractivity contribution >= 4 is 5.78 Å². The Balaban J connectivity index is 1.71. The van der Waals surface area contributed by atoms with E-state index < -0.39 is 0 Å². The van der Waals surface area contributed by atoms with Gasteiger partial charge in [-0.25, -0.2) is 0 Å². The fourth-order valence-corrected chi connectivity index (χ4v) is 3.53. The molecule has 3 atom stereocenters. The van der Waals surface area contributed by atoms with Gasteiger partial charge < -0.3 is 4.90 Å². The number of carbonyl (C=O) groups excluding carboxylic acids is 1. The van der Waals surface area contributed by atoms with Crippen molar-refractivity contribution in [1.82, 2.24) is 4.90 Å². The predicted molar refractivity (Wildman–Crippen MR) is 50.4 cm³/mol. The first kappa shape index (κ1) is 7.98. The minimum absolute atomic E-state index is 0.454. The van der Waals surface area contributed by atoms with Crippen LogP contribution in [0.25, 0.3) is 0 Å². The number of rotatable bonds is 1. The minimum atomic E-state index is 0.454. The molecule has 0 amide bonds. The van der Waals surface area contributed by atoms with Crippen LogP contribution in [-0.4, -0.2) is 29.8 Å². The van der Waals surface area contributed by atoms with Crippen LogP contribution in [0.3, 0.4) is 0 Å². The van der Waals surface area contributed by atoms with Crippen LogP contribution in [0, 0.1) is 11.8 Å². The molecule has 13 heavy (non-hydrogen) atoms. The summed E-state index contributed by atoms with van der Waals surface area (Å²) in [6, 6.07) is 0.783. The van der Waals surface area contributed by atoms with Gasteiger partial charge in [-0.2, -0.15) is 0 Å². The summed E-state index contributed by atoms with van der Waals surface area (Å²) < 4.78 is 0. The predicted octanol–water partition coefficient (Wildman–Crippen LogP) is 1.45. The number of carbonyl (C=O) groups is 1. The van der Waals surface area contributed by atoms with Crippen LogP contribution in [0.4, 0.5) is 0 Å². The highest BCUT2D eigenvalue weighted by atomic mass is 16.1. The van der Waals surface area contributed by atoms with E-state index >= 15 is 0 Å². The SMILES string of the molecule is O=C1C[C@@H]2C[C@H]1C[C@H]2N1CCCC1. The Bertz CT molecular complexity index is 232. The number of ketones is 1. The topological polar surface area (TPSA) is 20.3 Å². The van der Waals surface area contributed by atoms with Gasteiger partial charge in [0.05, 0.1) is 0 Å². The third-order valence-electron chi connectivity index (χ3n) is 4.19. The van der Waals surface area contributed by atoms with Gasteiger partial charge in [-0.1, -0.05) is 0 Å². The average Bonchev–Trinajstić information content (AvgIpc) is 2.75. The molecular formula is C11H17NO. The van der Waals surface area contributed by atoms with Crippen molar-refractivity contribution in [1.29, 1.82) is 0 Å². The summed E-state index contributed by atoms with van der Waals surface area (Å²) in [6.07, 6.45) is 6.04. The zero-order chi connectivity index (χ0) is 8.84. The summed E-state index contributed by atoms with van der Waals surface area (Å²) >= 11 is 0. The van der Waals surface area contributed by atoms with E-state index in [2.05, 4.69) is 4.90 Å². The maximum Gasteiger partial charge on any atom is 0.136 e. The fraction of sp³-hybridized carbons (Fsp3) is 0.909. The third-order valence-corrected chi connectivity index (χ3v) is 4.19. The first-order chi connectivity index (χ1) is 6.34. The van der Waals surface area contributed by atoms with E-state index in [1.807, 2.05) is 0 Å². The molecule has 2 aliphatic carbocycles. The highest BCUT2D eigenvalue weighted by molar-refractivity contribution is 5.84. The van der Waals surface area contributed by atoms with Crippen LogP contribution < -0.4 is 0 Å². The minimum Gasteiger partial charge on any atom is -0.300 e. The lowest BCUT2D eigenvalue weighted by Gasteiger charge is -2.30. The molecule has 1 heterocycles. The van der Waals surface area contributed by atoms with Crippen LogP contribution in [0.15, 0.2) is 0 Å². The molecule has 0 spiro atoms. The monoisotopic (exact) mass is 179 g/mol. The molecule has 0 aromatic carbocycles. The lowest BCUT2D eigenvalue weighted by atomic mass is 9.93. The quantitative estimate of drug-likeness (QED) is 0.607. The summed E-state index contributed by atoms with van der Waals surface area (Å²) in [5, 5.41) is 0. The molecule has 3 aliphatic rings. The number of nitrogens with zero attached hydrogens (tertiary/aromatic N) is 1. The summed E-state index contributed by atoms with van der Waals surface area (Å²) in [4.78, 5) is 14.0. The van der Waals surface area contributed by atoms with Gasteiger partial charge in [0.2, 0.25) is 0 Å². The molecule has 0 aromatic rings. The Morgan fingerprint density at radius 1 is 1.15 bits per heavy atom.